The highest BCUT2D eigenvalue weighted by Gasteiger charge is 2.43. The largest absolute Gasteiger partial charge is 0.315 e. The van der Waals surface area contributed by atoms with Gasteiger partial charge in [0.1, 0.15) is 0 Å². The first-order valence-corrected chi connectivity index (χ1v) is 3.20. The van der Waals surface area contributed by atoms with Crippen LogP contribution in [0.2, 0.25) is 0 Å². The molecule has 0 aromatic carbocycles. The van der Waals surface area contributed by atoms with E-state index in [9.17, 15) is 8.78 Å². The minimum atomic E-state index is -2.15. The zero-order chi connectivity index (χ0) is 6.91. The lowest BCUT2D eigenvalue weighted by Crippen LogP contribution is -2.57. The Morgan fingerprint density at radius 3 is 2.00 bits per heavy atom. The summed E-state index contributed by atoms with van der Waals surface area (Å²) in [6, 6.07) is 0. The molecular weight excluding hydrogens is 160 g/mol. The van der Waals surface area contributed by atoms with Gasteiger partial charge < -0.3 is 5.32 Å². The molecule has 0 aromatic rings. The fourth-order valence-corrected chi connectivity index (χ4v) is 1.00. The number of alkyl halides is 2. The molecule has 1 aliphatic rings. The molecule has 1 N–H and O–H groups in total. The van der Waals surface area contributed by atoms with Crippen LogP contribution in [-0.4, -0.2) is 19.5 Å². The summed E-state index contributed by atoms with van der Waals surface area (Å²) in [7, 11) is 0. The number of halogens is 3. The van der Waals surface area contributed by atoms with E-state index in [4.69, 9.17) is 0 Å². The maximum Gasteiger partial charge on any atom is 0.246 e. The smallest absolute Gasteiger partial charge is 0.246 e. The average Bonchev–Trinajstić information content (AvgIpc) is 1.62. The second-order valence-electron chi connectivity index (χ2n) is 2.62. The second kappa shape index (κ2) is 3.49. The van der Waals surface area contributed by atoms with Gasteiger partial charge in [-0.1, -0.05) is 6.92 Å². The molecule has 1 saturated heterocycles. The third-order valence-electron chi connectivity index (χ3n) is 2.12. The van der Waals surface area contributed by atoms with Gasteiger partial charge in [-0.25, -0.2) is 8.78 Å². The molecule has 0 aromatic heterocycles. The van der Waals surface area contributed by atoms with Gasteiger partial charge in [0.15, 0.2) is 0 Å². The van der Waals surface area contributed by atoms with Crippen LogP contribution in [0.15, 0.2) is 0 Å². The molecule has 62 valence electrons. The van der Waals surface area contributed by atoms with Gasteiger partial charge in [-0.15, -0.1) is 12.4 Å². The summed E-state index contributed by atoms with van der Waals surface area (Å²) in [5, 5.41) is 2.85. The van der Waals surface area contributed by atoms with Crippen LogP contribution >= 0.6 is 12.4 Å². The second-order valence-corrected chi connectivity index (χ2v) is 2.62. The molecule has 0 spiro atoms. The van der Waals surface area contributed by atoms with E-state index in [0.717, 1.165) is 0 Å². The number of hydrogen-bond donors (Lipinski definition) is 1. The highest BCUT2D eigenvalue weighted by molar-refractivity contribution is 5.85. The first-order valence-electron chi connectivity index (χ1n) is 3.20. The van der Waals surface area contributed by atoms with Gasteiger partial charge in [-0.2, -0.15) is 0 Å². The Hall–Kier alpha value is 0.110. The van der Waals surface area contributed by atoms with Crippen LogP contribution in [0.3, 0.4) is 0 Å². The molecule has 1 nitrogen and oxygen atoms in total. The van der Waals surface area contributed by atoms with Crippen molar-refractivity contribution in [1.82, 2.24) is 5.32 Å². The fraction of sp³-hybridized carbons (Fsp3) is 1.00. The van der Waals surface area contributed by atoms with Crippen LogP contribution in [0.5, 0.6) is 0 Å². The zero-order valence-corrected chi connectivity index (χ0v) is 6.68. The summed E-state index contributed by atoms with van der Waals surface area (Å²) in [4.78, 5) is 0. The molecule has 0 bridgehead atoms. The Balaban J connectivity index is 0.000000810. The summed E-state index contributed by atoms with van der Waals surface area (Å²) >= 11 is 0. The van der Waals surface area contributed by atoms with E-state index in [0.29, 0.717) is 19.5 Å². The molecular formula is C6H12ClF2N. The van der Waals surface area contributed by atoms with Crippen molar-refractivity contribution in [2.24, 2.45) is 5.41 Å². The van der Waals surface area contributed by atoms with Crippen molar-refractivity contribution in [3.63, 3.8) is 0 Å². The predicted octanol–water partition coefficient (Wildman–Crippen LogP) is 1.67. The molecule has 10 heavy (non-hydrogen) atoms. The summed E-state index contributed by atoms with van der Waals surface area (Å²) in [5.41, 5.74) is -0.681. The van der Waals surface area contributed by atoms with Gasteiger partial charge in [0, 0.05) is 13.1 Å². The first-order chi connectivity index (χ1) is 4.21. The third kappa shape index (κ3) is 1.40. The monoisotopic (exact) mass is 171 g/mol. The average molecular weight is 172 g/mol. The van der Waals surface area contributed by atoms with Crippen LogP contribution in [-0.2, 0) is 0 Å². The van der Waals surface area contributed by atoms with Crippen LogP contribution < -0.4 is 5.32 Å². The van der Waals surface area contributed by atoms with Crippen molar-refractivity contribution in [3.05, 3.63) is 0 Å². The molecule has 0 atom stereocenters. The highest BCUT2D eigenvalue weighted by Crippen LogP contribution is 2.33. The van der Waals surface area contributed by atoms with Crippen LogP contribution in [0.25, 0.3) is 0 Å². The van der Waals surface area contributed by atoms with E-state index in [2.05, 4.69) is 5.32 Å². The topological polar surface area (TPSA) is 12.0 Å². The molecule has 1 aliphatic heterocycles. The van der Waals surface area contributed by atoms with E-state index >= 15 is 0 Å². The lowest BCUT2D eigenvalue weighted by molar-refractivity contribution is -0.0439. The van der Waals surface area contributed by atoms with Gasteiger partial charge in [0.25, 0.3) is 0 Å². The Labute approximate surface area is 65.6 Å². The van der Waals surface area contributed by atoms with E-state index in [1.54, 1.807) is 0 Å². The van der Waals surface area contributed by atoms with Crippen molar-refractivity contribution in [1.29, 1.82) is 0 Å². The van der Waals surface area contributed by atoms with Crippen molar-refractivity contribution in [2.75, 3.05) is 13.1 Å². The summed E-state index contributed by atoms with van der Waals surface area (Å²) in [6.45, 7) is 2.79. The number of hydrogen-bond acceptors (Lipinski definition) is 1. The fourth-order valence-electron chi connectivity index (χ4n) is 1.00. The summed E-state index contributed by atoms with van der Waals surface area (Å²) < 4.78 is 24.2. The van der Waals surface area contributed by atoms with Crippen molar-refractivity contribution >= 4 is 12.4 Å². The molecule has 0 aliphatic carbocycles. The quantitative estimate of drug-likeness (QED) is 0.667. The highest BCUT2D eigenvalue weighted by atomic mass is 35.5. The van der Waals surface area contributed by atoms with Crippen molar-refractivity contribution in [2.45, 2.75) is 19.8 Å². The van der Waals surface area contributed by atoms with Crippen molar-refractivity contribution in [3.8, 4) is 0 Å². The van der Waals surface area contributed by atoms with Gasteiger partial charge in [-0.3, -0.25) is 0 Å². The lowest BCUT2D eigenvalue weighted by Gasteiger charge is -2.41. The number of rotatable bonds is 2. The predicted molar refractivity (Wildman–Crippen MR) is 38.8 cm³/mol. The molecule has 0 amide bonds. The molecule has 1 rings (SSSR count). The minimum Gasteiger partial charge on any atom is -0.315 e. The van der Waals surface area contributed by atoms with E-state index < -0.39 is 11.8 Å². The molecule has 1 heterocycles. The lowest BCUT2D eigenvalue weighted by atomic mass is 9.80. The van der Waals surface area contributed by atoms with Crippen molar-refractivity contribution < 1.29 is 8.78 Å². The Morgan fingerprint density at radius 1 is 1.50 bits per heavy atom. The summed E-state index contributed by atoms with van der Waals surface area (Å²) in [6.07, 6.45) is -1.57. The van der Waals surface area contributed by atoms with Gasteiger partial charge in [-0.05, 0) is 6.42 Å². The van der Waals surface area contributed by atoms with Gasteiger partial charge in [0.2, 0.25) is 6.43 Å². The molecule has 1 fully saturated rings. The Morgan fingerprint density at radius 2 is 2.00 bits per heavy atom. The van der Waals surface area contributed by atoms with Crippen LogP contribution in [0.4, 0.5) is 8.78 Å². The Bertz CT molecular complexity index is 98.4. The molecule has 0 radical (unpaired) electrons. The van der Waals surface area contributed by atoms with Crippen LogP contribution in [0, 0.1) is 5.41 Å². The first kappa shape index (κ1) is 10.1. The number of nitrogens with one attached hydrogen (secondary N) is 1. The Kier molecular flexibility index (Phi) is 3.52. The maximum absolute atomic E-state index is 12.1. The SMILES string of the molecule is CCC1(C(F)F)CNC1.Cl. The van der Waals surface area contributed by atoms with Gasteiger partial charge in [0.05, 0.1) is 5.41 Å². The molecule has 0 unspecified atom stereocenters. The minimum absolute atomic E-state index is 0. The maximum atomic E-state index is 12.1. The standard InChI is InChI=1S/C6H11F2N.ClH/c1-2-6(5(7)8)3-9-4-6;/h5,9H,2-4H2,1H3;1H. The van der Waals surface area contributed by atoms with Gasteiger partial charge >= 0.3 is 0 Å². The molecule has 0 saturated carbocycles. The normalized spacial score (nSPS) is 21.6. The van der Waals surface area contributed by atoms with Crippen LogP contribution in [0.1, 0.15) is 13.3 Å². The third-order valence-corrected chi connectivity index (χ3v) is 2.12. The zero-order valence-electron chi connectivity index (χ0n) is 5.86. The summed E-state index contributed by atoms with van der Waals surface area (Å²) in [5.74, 6) is 0. The van der Waals surface area contributed by atoms with E-state index in [-0.39, 0.29) is 12.4 Å². The van der Waals surface area contributed by atoms with E-state index in [1.165, 1.54) is 0 Å². The van der Waals surface area contributed by atoms with E-state index in [1.807, 2.05) is 6.92 Å². The molecule has 4 heteroatoms.